The lowest BCUT2D eigenvalue weighted by Crippen LogP contribution is -2.37. The van der Waals surface area contributed by atoms with Gasteiger partial charge in [0.1, 0.15) is 11.5 Å². The van der Waals surface area contributed by atoms with Crippen LogP contribution in [0.3, 0.4) is 0 Å². The average Bonchev–Trinajstić information content (AvgIpc) is 3.41. The van der Waals surface area contributed by atoms with Crippen LogP contribution >= 0.6 is 0 Å². The van der Waals surface area contributed by atoms with E-state index in [2.05, 4.69) is 10.2 Å². The van der Waals surface area contributed by atoms with Gasteiger partial charge in [-0.1, -0.05) is 0 Å². The van der Waals surface area contributed by atoms with Crippen LogP contribution in [0.5, 0.6) is 0 Å². The number of hydrogen-bond acceptors (Lipinski definition) is 5. The molecule has 7 heteroatoms. The summed E-state index contributed by atoms with van der Waals surface area (Å²) < 4.78 is 10.6. The van der Waals surface area contributed by atoms with Crippen molar-refractivity contribution in [2.45, 2.75) is 32.7 Å². The highest BCUT2D eigenvalue weighted by Gasteiger charge is 2.21. The molecule has 1 saturated heterocycles. The number of nitrogens with zero attached hydrogens (tertiary/aromatic N) is 2. The molecule has 0 radical (unpaired) electrons. The van der Waals surface area contributed by atoms with Gasteiger partial charge in [0.15, 0.2) is 0 Å². The van der Waals surface area contributed by atoms with Crippen molar-refractivity contribution >= 4 is 11.8 Å². The van der Waals surface area contributed by atoms with Crippen molar-refractivity contribution < 1.29 is 18.4 Å². The summed E-state index contributed by atoms with van der Waals surface area (Å²) in [6, 6.07) is 5.26. The summed E-state index contributed by atoms with van der Waals surface area (Å²) in [5, 5.41) is 2.95. The molecule has 7 nitrogen and oxygen atoms in total. The molecule has 3 rings (SSSR count). The number of amides is 2. The number of nitrogens with one attached hydrogen (secondary N) is 1. The molecule has 0 saturated carbocycles. The summed E-state index contributed by atoms with van der Waals surface area (Å²) in [7, 11) is 0. The molecule has 0 aliphatic carbocycles. The second-order valence-corrected chi connectivity index (χ2v) is 6.85. The third-order valence-electron chi connectivity index (χ3n) is 4.86. The normalized spacial score (nSPS) is 14.4. The molecule has 2 aromatic rings. The molecular weight excluding hydrogens is 346 g/mol. The van der Waals surface area contributed by atoms with Gasteiger partial charge in [0.05, 0.1) is 24.6 Å². The van der Waals surface area contributed by atoms with Crippen LogP contribution in [0, 0.1) is 6.92 Å². The Bertz CT molecular complexity index is 732. The van der Waals surface area contributed by atoms with Gasteiger partial charge in [-0.05, 0) is 51.1 Å². The highest BCUT2D eigenvalue weighted by Crippen LogP contribution is 2.15. The second-order valence-electron chi connectivity index (χ2n) is 6.85. The number of hydrogen-bond donors (Lipinski definition) is 1. The zero-order valence-corrected chi connectivity index (χ0v) is 15.8. The average molecular weight is 373 g/mol. The van der Waals surface area contributed by atoms with E-state index in [0.717, 1.165) is 19.6 Å². The molecule has 1 aliphatic heterocycles. The molecule has 0 aromatic carbocycles. The molecule has 3 heterocycles. The minimum Gasteiger partial charge on any atom is -0.469 e. The number of furan rings is 2. The lowest BCUT2D eigenvalue weighted by atomic mass is 10.2. The number of carbonyl (C=O) groups is 2. The third-order valence-corrected chi connectivity index (χ3v) is 4.86. The Kier molecular flexibility index (Phi) is 6.70. The van der Waals surface area contributed by atoms with Gasteiger partial charge in [-0.2, -0.15) is 0 Å². The van der Waals surface area contributed by atoms with Gasteiger partial charge in [-0.25, -0.2) is 0 Å². The highest BCUT2D eigenvalue weighted by molar-refractivity contribution is 5.95. The summed E-state index contributed by atoms with van der Waals surface area (Å²) in [6.07, 6.45) is 5.81. The minimum atomic E-state index is -0.164. The zero-order valence-electron chi connectivity index (χ0n) is 15.8. The van der Waals surface area contributed by atoms with E-state index in [4.69, 9.17) is 8.83 Å². The monoisotopic (exact) mass is 373 g/mol. The standard InChI is InChI=1S/C20H27N3O4/c1-16-18(7-14-26-16)20(25)23(15-17-5-4-13-27-17)11-6-19(24)21-8-12-22-9-2-3-10-22/h4-5,7,13-14H,2-3,6,8-12,15H2,1H3,(H,21,24). The van der Waals surface area contributed by atoms with Gasteiger partial charge in [0.2, 0.25) is 5.91 Å². The van der Waals surface area contributed by atoms with Crippen LogP contribution < -0.4 is 5.32 Å². The van der Waals surface area contributed by atoms with Crippen LogP contribution in [-0.4, -0.2) is 54.3 Å². The van der Waals surface area contributed by atoms with Gasteiger partial charge < -0.3 is 24.0 Å². The maximum atomic E-state index is 12.8. The van der Waals surface area contributed by atoms with Crippen LogP contribution in [0.2, 0.25) is 0 Å². The fourth-order valence-corrected chi connectivity index (χ4v) is 3.30. The summed E-state index contributed by atoms with van der Waals surface area (Å²) in [6.45, 7) is 6.15. The van der Waals surface area contributed by atoms with E-state index in [1.54, 1.807) is 30.2 Å². The van der Waals surface area contributed by atoms with Crippen molar-refractivity contribution in [3.05, 3.63) is 47.8 Å². The van der Waals surface area contributed by atoms with Crippen LogP contribution in [0.15, 0.2) is 39.6 Å². The SMILES string of the molecule is Cc1occc1C(=O)N(CCC(=O)NCCN1CCCC1)Cc1ccco1. The molecule has 0 unspecified atom stereocenters. The molecule has 0 spiro atoms. The first-order valence-corrected chi connectivity index (χ1v) is 9.48. The van der Waals surface area contributed by atoms with E-state index < -0.39 is 0 Å². The van der Waals surface area contributed by atoms with Gasteiger partial charge in [-0.3, -0.25) is 9.59 Å². The molecule has 146 valence electrons. The molecule has 27 heavy (non-hydrogen) atoms. The fraction of sp³-hybridized carbons (Fsp3) is 0.500. The number of rotatable bonds is 9. The predicted octanol–water partition coefficient (Wildman–Crippen LogP) is 2.43. The van der Waals surface area contributed by atoms with Crippen molar-refractivity contribution in [3.63, 3.8) is 0 Å². The van der Waals surface area contributed by atoms with Crippen molar-refractivity contribution in [2.75, 3.05) is 32.7 Å². The largest absolute Gasteiger partial charge is 0.469 e. The van der Waals surface area contributed by atoms with E-state index in [0.29, 0.717) is 36.7 Å². The summed E-state index contributed by atoms with van der Waals surface area (Å²) in [4.78, 5) is 29.0. The Labute approximate surface area is 159 Å². The Morgan fingerprint density at radius 3 is 2.67 bits per heavy atom. The van der Waals surface area contributed by atoms with Crippen molar-refractivity contribution in [1.29, 1.82) is 0 Å². The van der Waals surface area contributed by atoms with E-state index >= 15 is 0 Å². The maximum absolute atomic E-state index is 12.8. The van der Waals surface area contributed by atoms with Gasteiger partial charge >= 0.3 is 0 Å². The number of aryl methyl sites for hydroxylation is 1. The predicted molar refractivity (Wildman–Crippen MR) is 100 cm³/mol. The van der Waals surface area contributed by atoms with E-state index in [9.17, 15) is 9.59 Å². The van der Waals surface area contributed by atoms with Crippen molar-refractivity contribution in [3.8, 4) is 0 Å². The first-order valence-electron chi connectivity index (χ1n) is 9.48. The smallest absolute Gasteiger partial charge is 0.257 e. The molecule has 1 fully saturated rings. The first kappa shape index (κ1) is 19.2. The molecule has 0 bridgehead atoms. The Hall–Kier alpha value is -2.54. The van der Waals surface area contributed by atoms with Crippen molar-refractivity contribution in [1.82, 2.24) is 15.1 Å². The quantitative estimate of drug-likeness (QED) is 0.730. The lowest BCUT2D eigenvalue weighted by molar-refractivity contribution is -0.121. The van der Waals surface area contributed by atoms with Crippen LogP contribution in [0.25, 0.3) is 0 Å². The zero-order chi connectivity index (χ0) is 19.1. The van der Waals surface area contributed by atoms with Crippen LogP contribution in [0.1, 0.15) is 41.1 Å². The van der Waals surface area contributed by atoms with E-state index in [1.807, 2.05) is 6.07 Å². The molecule has 0 atom stereocenters. The Morgan fingerprint density at radius 2 is 2.00 bits per heavy atom. The topological polar surface area (TPSA) is 78.9 Å². The minimum absolute atomic E-state index is 0.0460. The molecule has 1 N–H and O–H groups in total. The summed E-state index contributed by atoms with van der Waals surface area (Å²) in [5.74, 6) is 1.04. The van der Waals surface area contributed by atoms with Crippen molar-refractivity contribution in [2.24, 2.45) is 0 Å². The summed E-state index contributed by atoms with van der Waals surface area (Å²) in [5.41, 5.74) is 0.510. The number of likely N-dealkylation sites (tertiary alicyclic amines) is 1. The first-order chi connectivity index (χ1) is 13.1. The third kappa shape index (κ3) is 5.47. The second kappa shape index (κ2) is 9.41. The fourth-order valence-electron chi connectivity index (χ4n) is 3.30. The highest BCUT2D eigenvalue weighted by atomic mass is 16.3. The van der Waals surface area contributed by atoms with E-state index in [-0.39, 0.29) is 18.2 Å². The Morgan fingerprint density at radius 1 is 1.19 bits per heavy atom. The number of carbonyl (C=O) groups excluding carboxylic acids is 2. The summed E-state index contributed by atoms with van der Waals surface area (Å²) >= 11 is 0. The van der Waals surface area contributed by atoms with Gasteiger partial charge in [0.25, 0.3) is 5.91 Å². The van der Waals surface area contributed by atoms with Crippen LogP contribution in [0.4, 0.5) is 0 Å². The van der Waals surface area contributed by atoms with Gasteiger partial charge in [-0.15, -0.1) is 0 Å². The lowest BCUT2D eigenvalue weighted by Gasteiger charge is -2.21. The molecule has 2 amide bonds. The van der Waals surface area contributed by atoms with Crippen LogP contribution in [-0.2, 0) is 11.3 Å². The Balaban J connectivity index is 1.52. The molecule has 2 aromatic heterocycles. The molecule has 1 aliphatic rings. The maximum Gasteiger partial charge on any atom is 0.257 e. The molecular formula is C20H27N3O4. The van der Waals surface area contributed by atoms with E-state index in [1.165, 1.54) is 19.1 Å². The van der Waals surface area contributed by atoms with Gasteiger partial charge in [0, 0.05) is 26.1 Å².